The van der Waals surface area contributed by atoms with Gasteiger partial charge in [0.2, 0.25) is 5.91 Å². The monoisotopic (exact) mass is 341 g/mol. The first-order chi connectivity index (χ1) is 12.1. The fourth-order valence-electron chi connectivity index (χ4n) is 2.99. The topological polar surface area (TPSA) is 88.1 Å². The van der Waals surface area contributed by atoms with Crippen LogP contribution in [0.1, 0.15) is 31.0 Å². The van der Waals surface area contributed by atoms with Crippen molar-refractivity contribution in [3.05, 3.63) is 41.6 Å². The summed E-state index contributed by atoms with van der Waals surface area (Å²) in [5.41, 5.74) is 2.72. The highest BCUT2D eigenvalue weighted by molar-refractivity contribution is 5.94. The van der Waals surface area contributed by atoms with Crippen molar-refractivity contribution in [2.24, 2.45) is 0 Å². The molecule has 2 heterocycles. The lowest BCUT2D eigenvalue weighted by atomic mass is 10.1. The van der Waals surface area contributed by atoms with E-state index in [1.165, 1.54) is 0 Å². The van der Waals surface area contributed by atoms with Gasteiger partial charge in [-0.15, -0.1) is 0 Å². The molecular weight excluding hydrogens is 318 g/mol. The Morgan fingerprint density at radius 2 is 2.12 bits per heavy atom. The lowest BCUT2D eigenvalue weighted by Crippen LogP contribution is -2.51. The number of anilines is 1. The van der Waals surface area contributed by atoms with Crippen molar-refractivity contribution in [1.29, 1.82) is 0 Å². The number of aromatic nitrogens is 2. The predicted molar refractivity (Wildman–Crippen MR) is 95.9 cm³/mol. The molecular formula is C18H23N5O2. The Morgan fingerprint density at radius 3 is 2.80 bits per heavy atom. The summed E-state index contributed by atoms with van der Waals surface area (Å²) in [4.78, 5) is 24.2. The van der Waals surface area contributed by atoms with Crippen molar-refractivity contribution >= 4 is 17.8 Å². The highest BCUT2D eigenvalue weighted by Gasteiger charge is 2.24. The predicted octanol–water partition coefficient (Wildman–Crippen LogP) is 2.14. The summed E-state index contributed by atoms with van der Waals surface area (Å²) in [5.74, 6) is 0.487. The van der Waals surface area contributed by atoms with Gasteiger partial charge in [-0.25, -0.2) is 9.48 Å². The van der Waals surface area contributed by atoms with Gasteiger partial charge in [0.05, 0.1) is 11.4 Å². The van der Waals surface area contributed by atoms with Crippen LogP contribution in [0.5, 0.6) is 0 Å². The summed E-state index contributed by atoms with van der Waals surface area (Å²) >= 11 is 0. The number of hydrogen-bond acceptors (Lipinski definition) is 3. The second kappa shape index (κ2) is 7.38. The van der Waals surface area contributed by atoms with E-state index in [0.717, 1.165) is 29.8 Å². The number of rotatable bonds is 4. The SMILES string of the molecule is CCc1nn(-c2ccccc2)c(NC(=O)N[C@@H]2CCCNC2=O)c1C. The Hall–Kier alpha value is -2.83. The number of urea groups is 1. The number of benzene rings is 1. The van der Waals surface area contributed by atoms with Crippen LogP contribution in [-0.4, -0.2) is 34.3 Å². The van der Waals surface area contributed by atoms with E-state index in [4.69, 9.17) is 0 Å². The molecule has 7 nitrogen and oxygen atoms in total. The van der Waals surface area contributed by atoms with Crippen molar-refractivity contribution in [2.45, 2.75) is 39.2 Å². The summed E-state index contributed by atoms with van der Waals surface area (Å²) in [6.07, 6.45) is 2.28. The Labute approximate surface area is 146 Å². The molecule has 1 aromatic heterocycles. The van der Waals surface area contributed by atoms with Crippen molar-refractivity contribution < 1.29 is 9.59 Å². The van der Waals surface area contributed by atoms with E-state index in [0.29, 0.717) is 18.8 Å². The van der Waals surface area contributed by atoms with E-state index in [1.807, 2.05) is 44.2 Å². The molecule has 0 spiro atoms. The number of nitrogens with zero attached hydrogens (tertiary/aromatic N) is 2. The largest absolute Gasteiger partial charge is 0.354 e. The number of carbonyl (C=O) groups is 2. The van der Waals surface area contributed by atoms with E-state index >= 15 is 0 Å². The minimum Gasteiger partial charge on any atom is -0.354 e. The molecule has 3 rings (SSSR count). The van der Waals surface area contributed by atoms with Crippen molar-refractivity contribution in [1.82, 2.24) is 20.4 Å². The zero-order valence-electron chi connectivity index (χ0n) is 14.5. The molecule has 132 valence electrons. The van der Waals surface area contributed by atoms with Crippen molar-refractivity contribution in [3.8, 4) is 5.69 Å². The van der Waals surface area contributed by atoms with Gasteiger partial charge in [-0.1, -0.05) is 25.1 Å². The summed E-state index contributed by atoms with van der Waals surface area (Å²) < 4.78 is 1.73. The van der Waals surface area contributed by atoms with Gasteiger partial charge in [-0.05, 0) is 38.3 Å². The van der Waals surface area contributed by atoms with Gasteiger partial charge < -0.3 is 10.6 Å². The maximum atomic E-state index is 12.4. The third-order valence-electron chi connectivity index (χ3n) is 4.38. The lowest BCUT2D eigenvalue weighted by molar-refractivity contribution is -0.124. The Balaban J connectivity index is 1.82. The first-order valence-electron chi connectivity index (χ1n) is 8.59. The maximum absolute atomic E-state index is 12.4. The van der Waals surface area contributed by atoms with Crippen LogP contribution in [0.15, 0.2) is 30.3 Å². The molecule has 1 atom stereocenters. The molecule has 3 N–H and O–H groups in total. The normalized spacial score (nSPS) is 17.0. The van der Waals surface area contributed by atoms with Crippen LogP contribution in [0.4, 0.5) is 10.6 Å². The van der Waals surface area contributed by atoms with E-state index in [1.54, 1.807) is 4.68 Å². The average molecular weight is 341 g/mol. The van der Waals surface area contributed by atoms with Crippen LogP contribution >= 0.6 is 0 Å². The molecule has 1 aliphatic heterocycles. The first kappa shape index (κ1) is 17.0. The Kier molecular flexibility index (Phi) is 5.02. The van der Waals surface area contributed by atoms with Gasteiger partial charge in [0.1, 0.15) is 11.9 Å². The van der Waals surface area contributed by atoms with E-state index in [-0.39, 0.29) is 5.91 Å². The first-order valence-corrected chi connectivity index (χ1v) is 8.59. The second-order valence-corrected chi connectivity index (χ2v) is 6.11. The number of aryl methyl sites for hydroxylation is 1. The molecule has 1 saturated heterocycles. The number of carbonyl (C=O) groups excluding carboxylic acids is 2. The van der Waals surface area contributed by atoms with Gasteiger partial charge in [0.15, 0.2) is 0 Å². The van der Waals surface area contributed by atoms with Crippen LogP contribution in [0.25, 0.3) is 5.69 Å². The van der Waals surface area contributed by atoms with Crippen molar-refractivity contribution in [2.75, 3.05) is 11.9 Å². The van der Waals surface area contributed by atoms with Gasteiger partial charge in [-0.3, -0.25) is 10.1 Å². The van der Waals surface area contributed by atoms with Crippen LogP contribution < -0.4 is 16.0 Å². The molecule has 1 fully saturated rings. The standard InChI is InChI=1S/C18H23N5O2/c1-3-14-12(2)16(23(22-14)13-8-5-4-6-9-13)21-18(25)20-15-10-7-11-19-17(15)24/h4-6,8-9,15H,3,7,10-11H2,1-2H3,(H,19,24)(H2,20,21,25)/t15-/m1/s1. The molecule has 0 bridgehead atoms. The number of nitrogens with one attached hydrogen (secondary N) is 3. The zero-order valence-corrected chi connectivity index (χ0v) is 14.5. The lowest BCUT2D eigenvalue weighted by Gasteiger charge is -2.23. The van der Waals surface area contributed by atoms with Gasteiger partial charge in [0.25, 0.3) is 0 Å². The quantitative estimate of drug-likeness (QED) is 0.796. The van der Waals surface area contributed by atoms with E-state index in [9.17, 15) is 9.59 Å². The number of para-hydroxylation sites is 1. The number of piperidine rings is 1. The van der Waals surface area contributed by atoms with E-state index < -0.39 is 12.1 Å². The average Bonchev–Trinajstić information content (AvgIpc) is 2.94. The molecule has 2 aromatic rings. The van der Waals surface area contributed by atoms with Gasteiger partial charge in [-0.2, -0.15) is 5.10 Å². The zero-order chi connectivity index (χ0) is 17.8. The third kappa shape index (κ3) is 3.65. The van der Waals surface area contributed by atoms with Crippen molar-refractivity contribution in [3.63, 3.8) is 0 Å². The molecule has 1 aliphatic rings. The fraction of sp³-hybridized carbons (Fsp3) is 0.389. The second-order valence-electron chi connectivity index (χ2n) is 6.11. The van der Waals surface area contributed by atoms with Crippen LogP contribution in [0.3, 0.4) is 0 Å². The van der Waals surface area contributed by atoms with Crippen LogP contribution in [-0.2, 0) is 11.2 Å². The van der Waals surface area contributed by atoms with Gasteiger partial charge in [0, 0.05) is 12.1 Å². The molecule has 25 heavy (non-hydrogen) atoms. The van der Waals surface area contributed by atoms with Crippen LogP contribution in [0, 0.1) is 6.92 Å². The highest BCUT2D eigenvalue weighted by atomic mass is 16.2. The summed E-state index contributed by atoms with van der Waals surface area (Å²) in [6.45, 7) is 4.63. The molecule has 3 amide bonds. The minimum atomic E-state index is -0.493. The molecule has 7 heteroatoms. The summed E-state index contributed by atoms with van der Waals surface area (Å²) in [5, 5.41) is 13.0. The number of hydrogen-bond donors (Lipinski definition) is 3. The highest BCUT2D eigenvalue weighted by Crippen LogP contribution is 2.23. The van der Waals surface area contributed by atoms with E-state index in [2.05, 4.69) is 21.0 Å². The Bertz CT molecular complexity index is 769. The van der Waals surface area contributed by atoms with Crippen LogP contribution in [0.2, 0.25) is 0 Å². The molecule has 1 aromatic carbocycles. The third-order valence-corrected chi connectivity index (χ3v) is 4.38. The molecule has 0 radical (unpaired) electrons. The van der Waals surface area contributed by atoms with Gasteiger partial charge >= 0.3 is 6.03 Å². The molecule has 0 unspecified atom stereocenters. The Morgan fingerprint density at radius 1 is 1.36 bits per heavy atom. The number of amides is 3. The molecule has 0 saturated carbocycles. The smallest absolute Gasteiger partial charge is 0.321 e. The fourth-order valence-corrected chi connectivity index (χ4v) is 2.99. The summed E-state index contributed by atoms with van der Waals surface area (Å²) in [7, 11) is 0. The maximum Gasteiger partial charge on any atom is 0.321 e. The minimum absolute atomic E-state index is 0.135. The summed E-state index contributed by atoms with van der Waals surface area (Å²) in [6, 6.07) is 8.76. The molecule has 0 aliphatic carbocycles.